The van der Waals surface area contributed by atoms with E-state index in [9.17, 15) is 4.79 Å². The fourth-order valence-corrected chi connectivity index (χ4v) is 7.35. The summed E-state index contributed by atoms with van der Waals surface area (Å²) in [7, 11) is 0. The molecule has 5 nitrogen and oxygen atoms in total. The van der Waals surface area contributed by atoms with Crippen LogP contribution in [0.5, 0.6) is 0 Å². The van der Waals surface area contributed by atoms with Gasteiger partial charge >= 0.3 is 0 Å². The Morgan fingerprint density at radius 2 is 1.86 bits per heavy atom. The van der Waals surface area contributed by atoms with Crippen LogP contribution in [0.25, 0.3) is 0 Å². The maximum absolute atomic E-state index is 12.7. The Morgan fingerprint density at radius 1 is 1.27 bits per heavy atom. The monoisotopic (exact) mass is 358 g/mol. The fraction of sp³-hybridized carbons (Fsp3) is 0.429. The normalized spacial score (nSPS) is 18.7. The van der Waals surface area contributed by atoms with Crippen molar-refractivity contribution in [2.75, 3.05) is 18.2 Å². The van der Waals surface area contributed by atoms with Crippen LogP contribution in [0.2, 0.25) is 0 Å². The average Bonchev–Trinajstić information content (AvgIpc) is 2.76. The quantitative estimate of drug-likeness (QED) is 0.694. The first-order valence-corrected chi connectivity index (χ1v) is 11.1. The van der Waals surface area contributed by atoms with Gasteiger partial charge in [0.25, 0.3) is 5.91 Å². The molecule has 2 rings (SSSR count). The number of benzene rings is 1. The van der Waals surface area contributed by atoms with E-state index in [-0.39, 0.29) is 5.91 Å². The van der Waals surface area contributed by atoms with E-state index in [0.717, 1.165) is 5.69 Å². The summed E-state index contributed by atoms with van der Waals surface area (Å²) in [6.45, 7) is 6.49. The van der Waals surface area contributed by atoms with Crippen LogP contribution in [0.15, 0.2) is 35.4 Å². The lowest BCUT2D eigenvalue weighted by molar-refractivity contribution is -0.116. The highest BCUT2D eigenvalue weighted by molar-refractivity contribution is 8.68. The molecular formula is C14H19N2O3PS2. The molecule has 1 aliphatic heterocycles. The molecule has 0 saturated carbocycles. The van der Waals surface area contributed by atoms with Gasteiger partial charge in [0.2, 0.25) is 5.69 Å². The predicted octanol–water partition coefficient (Wildman–Crippen LogP) is 3.81. The summed E-state index contributed by atoms with van der Waals surface area (Å²) in [5.74, 6) is -0.109. The Kier molecular flexibility index (Phi) is 6.17. The van der Waals surface area contributed by atoms with E-state index in [1.165, 1.54) is 16.4 Å². The Hall–Kier alpha value is -0.720. The molecule has 1 atom stereocenters. The number of para-hydroxylation sites is 1. The molecule has 1 aromatic carbocycles. The third-order valence-electron chi connectivity index (χ3n) is 2.88. The molecule has 0 aliphatic carbocycles. The van der Waals surface area contributed by atoms with Crippen molar-refractivity contribution in [3.8, 4) is 0 Å². The van der Waals surface area contributed by atoms with Gasteiger partial charge in [-0.3, -0.25) is 4.79 Å². The number of hydrazone groups is 1. The number of carbonyl (C=O) groups is 1. The van der Waals surface area contributed by atoms with Gasteiger partial charge in [0.15, 0.2) is 0 Å². The minimum Gasteiger partial charge on any atom is -0.322 e. The molecule has 22 heavy (non-hydrogen) atoms. The summed E-state index contributed by atoms with van der Waals surface area (Å²) >= 11 is 6.78. The lowest BCUT2D eigenvalue weighted by Crippen LogP contribution is -2.29. The number of rotatable bonds is 7. The minimum absolute atomic E-state index is 0.109. The van der Waals surface area contributed by atoms with E-state index >= 15 is 0 Å². The summed E-state index contributed by atoms with van der Waals surface area (Å²) in [6.07, 6.45) is 0. The molecular weight excluding hydrogens is 339 g/mol. The van der Waals surface area contributed by atoms with Gasteiger partial charge < -0.3 is 9.05 Å². The molecule has 8 heteroatoms. The number of carbonyl (C=O) groups excluding carboxylic acids is 1. The Balaban J connectivity index is 2.18. The maximum Gasteiger partial charge on any atom is 0.266 e. The van der Waals surface area contributed by atoms with Crippen molar-refractivity contribution >= 4 is 46.2 Å². The molecule has 1 heterocycles. The molecule has 0 fully saturated rings. The number of anilines is 1. The number of hydrogen-bond donors (Lipinski definition) is 0. The van der Waals surface area contributed by atoms with Crippen LogP contribution in [0.3, 0.4) is 0 Å². The minimum atomic E-state index is -2.54. The fourth-order valence-electron chi connectivity index (χ4n) is 1.97. The Morgan fingerprint density at radius 3 is 2.41 bits per heavy atom. The highest BCUT2D eigenvalue weighted by atomic mass is 32.9. The molecule has 1 amide bonds. The number of hydrogen-bond acceptors (Lipinski definition) is 6. The van der Waals surface area contributed by atoms with Gasteiger partial charge in [-0.25, -0.2) is 0 Å². The first-order chi connectivity index (χ1) is 10.5. The van der Waals surface area contributed by atoms with Crippen LogP contribution in [-0.4, -0.2) is 30.1 Å². The second kappa shape index (κ2) is 7.70. The van der Waals surface area contributed by atoms with Crippen molar-refractivity contribution in [2.24, 2.45) is 5.10 Å². The zero-order valence-corrected chi connectivity index (χ0v) is 15.3. The van der Waals surface area contributed by atoms with E-state index < -0.39 is 10.9 Å². The van der Waals surface area contributed by atoms with E-state index in [1.54, 1.807) is 0 Å². The van der Waals surface area contributed by atoms with Crippen LogP contribution in [0.4, 0.5) is 5.69 Å². The van der Waals surface area contributed by atoms with E-state index in [2.05, 4.69) is 5.10 Å². The van der Waals surface area contributed by atoms with Gasteiger partial charge in [-0.05, 0) is 44.7 Å². The second-order valence-corrected chi connectivity index (χ2v) is 10.8. The first kappa shape index (κ1) is 17.6. The lowest BCUT2D eigenvalue weighted by atomic mass is 10.3. The number of nitrogens with zero attached hydrogens (tertiary/aromatic N) is 2. The lowest BCUT2D eigenvalue weighted by Gasteiger charge is -2.22. The third-order valence-corrected chi connectivity index (χ3v) is 8.49. The smallest absolute Gasteiger partial charge is 0.266 e. The summed E-state index contributed by atoms with van der Waals surface area (Å²) in [6, 6.07) is 9.35. The summed E-state index contributed by atoms with van der Waals surface area (Å²) < 4.78 is 11.2. The SMILES string of the molecule is CCOP(=S)(OCC)SC1C(=O)N(c2ccccc2)N=C1C. The van der Waals surface area contributed by atoms with Gasteiger partial charge in [0, 0.05) is 0 Å². The maximum atomic E-state index is 12.7. The molecule has 1 unspecified atom stereocenters. The molecule has 120 valence electrons. The molecule has 0 saturated heterocycles. The largest absolute Gasteiger partial charge is 0.322 e. The third kappa shape index (κ3) is 3.97. The molecule has 0 N–H and O–H groups in total. The number of amides is 1. The summed E-state index contributed by atoms with van der Waals surface area (Å²) in [5, 5.41) is 5.33. The summed E-state index contributed by atoms with van der Waals surface area (Å²) in [5.41, 5.74) is -1.08. The molecule has 0 radical (unpaired) electrons. The molecule has 0 aromatic heterocycles. The van der Waals surface area contributed by atoms with Crippen molar-refractivity contribution in [2.45, 2.75) is 26.0 Å². The van der Waals surface area contributed by atoms with Gasteiger partial charge in [-0.1, -0.05) is 29.6 Å². The second-order valence-electron chi connectivity index (χ2n) is 4.50. The van der Waals surface area contributed by atoms with Crippen LogP contribution in [-0.2, 0) is 25.6 Å². The van der Waals surface area contributed by atoms with E-state index in [4.69, 9.17) is 20.9 Å². The van der Waals surface area contributed by atoms with Crippen LogP contribution < -0.4 is 5.01 Å². The van der Waals surface area contributed by atoms with Crippen molar-refractivity contribution < 1.29 is 13.8 Å². The van der Waals surface area contributed by atoms with Crippen LogP contribution in [0, 0.1) is 0 Å². The standard InChI is InChI=1S/C14H19N2O3PS2/c1-4-18-20(21,19-5-2)22-13-11(3)15-16(14(13)17)12-9-7-6-8-10-12/h6-10,13H,4-5H2,1-3H3. The molecule has 0 spiro atoms. The first-order valence-electron chi connectivity index (χ1n) is 7.02. The van der Waals surface area contributed by atoms with Gasteiger partial charge in [-0.15, -0.1) is 0 Å². The molecule has 1 aromatic rings. The van der Waals surface area contributed by atoms with Gasteiger partial charge in [0.1, 0.15) is 5.25 Å². The van der Waals surface area contributed by atoms with Gasteiger partial charge in [-0.2, -0.15) is 10.1 Å². The van der Waals surface area contributed by atoms with Crippen molar-refractivity contribution in [3.05, 3.63) is 30.3 Å². The van der Waals surface area contributed by atoms with Crippen molar-refractivity contribution in [1.82, 2.24) is 0 Å². The molecule has 0 bridgehead atoms. The molecule has 1 aliphatic rings. The highest BCUT2D eigenvalue weighted by Crippen LogP contribution is 2.63. The van der Waals surface area contributed by atoms with Crippen LogP contribution in [0.1, 0.15) is 20.8 Å². The zero-order chi connectivity index (χ0) is 16.2. The van der Waals surface area contributed by atoms with Crippen LogP contribution >= 0.6 is 17.1 Å². The highest BCUT2D eigenvalue weighted by Gasteiger charge is 2.39. The Bertz CT molecular complexity index is 599. The average molecular weight is 358 g/mol. The topological polar surface area (TPSA) is 51.1 Å². The predicted molar refractivity (Wildman–Crippen MR) is 96.0 cm³/mol. The van der Waals surface area contributed by atoms with Crippen molar-refractivity contribution in [1.29, 1.82) is 0 Å². The van der Waals surface area contributed by atoms with Crippen molar-refractivity contribution in [3.63, 3.8) is 0 Å². The Labute approximate surface area is 140 Å². The zero-order valence-electron chi connectivity index (χ0n) is 12.8. The van der Waals surface area contributed by atoms with Gasteiger partial charge in [0.05, 0.1) is 24.6 Å². The van der Waals surface area contributed by atoms with E-state index in [0.29, 0.717) is 18.9 Å². The summed E-state index contributed by atoms with van der Waals surface area (Å²) in [4.78, 5) is 12.7. The van der Waals surface area contributed by atoms with E-state index in [1.807, 2.05) is 51.1 Å².